The molecule has 2 fully saturated rings. The lowest BCUT2D eigenvalue weighted by molar-refractivity contribution is -0.275. The zero-order valence-corrected chi connectivity index (χ0v) is 31.6. The molecular weight excluding hydrogens is 771 g/mol. The lowest BCUT2D eigenvalue weighted by Gasteiger charge is -2.54. The molecule has 0 aromatic heterocycles. The van der Waals surface area contributed by atoms with Crippen LogP contribution in [0.4, 0.5) is 26.3 Å². The monoisotopic (exact) mass is 806 g/mol. The van der Waals surface area contributed by atoms with Gasteiger partial charge in [-0.25, -0.2) is 0 Å². The molecule has 8 nitrogen and oxygen atoms in total. The summed E-state index contributed by atoms with van der Waals surface area (Å²) in [6.07, 6.45) is -9.81. The van der Waals surface area contributed by atoms with Crippen LogP contribution in [0, 0.1) is 0 Å². The van der Waals surface area contributed by atoms with Gasteiger partial charge in [-0.3, -0.25) is 9.59 Å². The van der Waals surface area contributed by atoms with Gasteiger partial charge in [0.1, 0.15) is 23.0 Å². The molecule has 4 atom stereocenters. The van der Waals surface area contributed by atoms with Crippen LogP contribution in [0.25, 0.3) is 0 Å². The number of carbonyl (C=O) groups is 2. The summed E-state index contributed by atoms with van der Waals surface area (Å²) >= 11 is 2.59. The van der Waals surface area contributed by atoms with Gasteiger partial charge in [0.25, 0.3) is 0 Å². The van der Waals surface area contributed by atoms with Crippen LogP contribution in [0.1, 0.15) is 43.0 Å². The summed E-state index contributed by atoms with van der Waals surface area (Å²) in [6.45, 7) is 5.33. The van der Waals surface area contributed by atoms with Gasteiger partial charge in [0.2, 0.25) is 11.8 Å². The van der Waals surface area contributed by atoms with Crippen molar-refractivity contribution < 1.29 is 54.9 Å². The fourth-order valence-electron chi connectivity index (χ4n) is 7.09. The molecule has 2 saturated heterocycles. The second-order valence-corrected chi connectivity index (χ2v) is 15.7. The zero-order valence-electron chi connectivity index (χ0n) is 29.9. The maximum atomic E-state index is 14.7. The van der Waals surface area contributed by atoms with E-state index in [0.29, 0.717) is 33.8 Å². The van der Waals surface area contributed by atoms with Crippen LogP contribution in [0.3, 0.4) is 0 Å². The molecule has 16 heteroatoms. The number of amides is 2. The van der Waals surface area contributed by atoms with Gasteiger partial charge in [0, 0.05) is 24.2 Å². The van der Waals surface area contributed by atoms with E-state index in [0.717, 1.165) is 0 Å². The first-order chi connectivity index (χ1) is 26.0. The molecule has 0 N–H and O–H groups in total. The molecule has 0 aliphatic carbocycles. The molecule has 0 saturated carbocycles. The van der Waals surface area contributed by atoms with Crippen molar-refractivity contribution in [3.8, 4) is 23.0 Å². The fraction of sp³-hybridized carbons (Fsp3) is 0.333. The Labute approximate surface area is 322 Å². The highest BCUT2D eigenvalue weighted by molar-refractivity contribution is 8.06. The normalized spacial score (nSPS) is 22.9. The van der Waals surface area contributed by atoms with Crippen molar-refractivity contribution >= 4 is 35.3 Å². The number of benzene rings is 4. The van der Waals surface area contributed by atoms with Gasteiger partial charge in [-0.1, -0.05) is 60.7 Å². The zero-order chi connectivity index (χ0) is 39.8. The number of carbonyl (C=O) groups excluding carboxylic acids is 2. The first kappa shape index (κ1) is 40.0. The maximum absolute atomic E-state index is 14.7. The van der Waals surface area contributed by atoms with E-state index in [4.69, 9.17) is 9.47 Å². The summed E-state index contributed by atoms with van der Waals surface area (Å²) in [7, 11) is 1.49. The molecule has 2 aliphatic heterocycles. The molecule has 292 valence electrons. The smallest absolute Gasteiger partial charge is 0.496 e. The molecule has 2 amide bonds. The maximum Gasteiger partial charge on any atom is 0.573 e. The van der Waals surface area contributed by atoms with E-state index in [2.05, 4.69) is 9.47 Å². The van der Waals surface area contributed by atoms with E-state index in [1.165, 1.54) is 79.2 Å². The number of thioether (sulfide) groups is 2. The van der Waals surface area contributed by atoms with E-state index in [1.807, 2.05) is 19.1 Å². The lowest BCUT2D eigenvalue weighted by atomic mass is 9.86. The average Bonchev–Trinajstić information content (AvgIpc) is 3.54. The summed E-state index contributed by atoms with van der Waals surface area (Å²) in [5.41, 5.74) is 2.01. The summed E-state index contributed by atoms with van der Waals surface area (Å²) in [5, 5.41) is -1.41. The molecule has 4 unspecified atom stereocenters. The third-order valence-corrected chi connectivity index (χ3v) is 12.6. The number of rotatable bonds is 12. The number of methoxy groups -OCH3 is 1. The molecule has 2 heterocycles. The van der Waals surface area contributed by atoms with Gasteiger partial charge < -0.3 is 28.7 Å². The number of halogens is 6. The van der Waals surface area contributed by atoms with Crippen LogP contribution < -0.4 is 18.9 Å². The number of hydrogen-bond donors (Lipinski definition) is 0. The minimum atomic E-state index is -4.91. The summed E-state index contributed by atoms with van der Waals surface area (Å²) in [6, 6.07) is 24.7. The second-order valence-electron chi connectivity index (χ2n) is 12.7. The van der Waals surface area contributed by atoms with Crippen LogP contribution in [0.2, 0.25) is 0 Å². The standard InChI is InChI=1S/C39H36F6N2O6S2/c1-5-51-33-13-9-7-11-31(33)37(47(35(49)25(3)55-37)23-27-16-20-29(21-17-27)53-39(43,44)45)36(30-10-6-8-12-32(30)50-4)46(34(48)24(2)54-36)22-26-14-18-28(19-15-26)52-38(40,41)42/h6-21,24-25H,5,22-23H2,1-4H3. The quantitative estimate of drug-likeness (QED) is 0.131. The minimum absolute atomic E-state index is 0.111. The van der Waals surface area contributed by atoms with Gasteiger partial charge >= 0.3 is 12.7 Å². The molecule has 55 heavy (non-hydrogen) atoms. The Morgan fingerprint density at radius 1 is 0.618 bits per heavy atom. The number of nitrogens with zero attached hydrogens (tertiary/aromatic N) is 2. The molecule has 0 spiro atoms. The van der Waals surface area contributed by atoms with E-state index < -0.39 is 44.5 Å². The van der Waals surface area contributed by atoms with Crippen molar-refractivity contribution in [1.82, 2.24) is 9.80 Å². The van der Waals surface area contributed by atoms with Crippen molar-refractivity contribution in [3.63, 3.8) is 0 Å². The Hall–Kier alpha value is -4.70. The Bertz CT molecular complexity index is 2020. The van der Waals surface area contributed by atoms with Gasteiger partial charge in [0.15, 0.2) is 9.74 Å². The molecule has 4 aromatic rings. The Morgan fingerprint density at radius 3 is 1.38 bits per heavy atom. The highest BCUT2D eigenvalue weighted by atomic mass is 32.2. The van der Waals surface area contributed by atoms with Crippen LogP contribution >= 0.6 is 23.5 Å². The highest BCUT2D eigenvalue weighted by Gasteiger charge is 2.72. The Balaban J connectivity index is 1.63. The van der Waals surface area contributed by atoms with Gasteiger partial charge in [0.05, 0.1) is 24.2 Å². The van der Waals surface area contributed by atoms with E-state index in [9.17, 15) is 35.9 Å². The predicted molar refractivity (Wildman–Crippen MR) is 195 cm³/mol. The van der Waals surface area contributed by atoms with Crippen molar-refractivity contribution in [3.05, 3.63) is 119 Å². The van der Waals surface area contributed by atoms with Crippen LogP contribution in [-0.4, -0.2) is 58.6 Å². The van der Waals surface area contributed by atoms with Crippen molar-refractivity contribution in [2.45, 2.75) is 66.8 Å². The lowest BCUT2D eigenvalue weighted by Crippen LogP contribution is -2.61. The fourth-order valence-corrected chi connectivity index (χ4v) is 10.8. The number of para-hydroxylation sites is 2. The van der Waals surface area contributed by atoms with Crippen LogP contribution in [-0.2, 0) is 32.4 Å². The van der Waals surface area contributed by atoms with E-state index >= 15 is 0 Å². The van der Waals surface area contributed by atoms with Gasteiger partial charge in [-0.15, -0.1) is 49.9 Å². The number of hydrogen-bond acceptors (Lipinski definition) is 8. The van der Waals surface area contributed by atoms with Gasteiger partial charge in [-0.2, -0.15) is 0 Å². The minimum Gasteiger partial charge on any atom is -0.496 e. The molecule has 2 aliphatic rings. The largest absolute Gasteiger partial charge is 0.573 e. The number of ether oxygens (including phenoxy) is 4. The molecular formula is C39H36F6N2O6S2. The average molecular weight is 807 g/mol. The molecule has 4 aromatic carbocycles. The topological polar surface area (TPSA) is 77.5 Å². The summed E-state index contributed by atoms with van der Waals surface area (Å²) in [4.78, 5) is 29.6. The Morgan fingerprint density at radius 2 is 1.00 bits per heavy atom. The SMILES string of the molecule is CCOc1ccccc1C1(C2(c3ccccc3OC)SC(C)C(=O)N2Cc2ccc(OC(F)(F)F)cc2)SC(C)C(=O)N1Cc1ccc(OC(F)(F)F)cc1. The van der Waals surface area contributed by atoms with Crippen molar-refractivity contribution in [2.75, 3.05) is 13.7 Å². The second kappa shape index (κ2) is 15.4. The molecule has 0 bridgehead atoms. The van der Waals surface area contributed by atoms with Crippen molar-refractivity contribution in [2.24, 2.45) is 0 Å². The number of alkyl halides is 6. The Kier molecular flexibility index (Phi) is 11.2. The molecule has 6 rings (SSSR count). The molecule has 0 radical (unpaired) electrons. The first-order valence-electron chi connectivity index (χ1n) is 17.1. The van der Waals surface area contributed by atoms with Gasteiger partial charge in [-0.05, 0) is 68.3 Å². The summed E-state index contributed by atoms with van der Waals surface area (Å²) in [5.74, 6) is -0.690. The highest BCUT2D eigenvalue weighted by Crippen LogP contribution is 2.70. The van der Waals surface area contributed by atoms with Crippen molar-refractivity contribution in [1.29, 1.82) is 0 Å². The van der Waals surface area contributed by atoms with E-state index in [1.54, 1.807) is 60.0 Å². The van der Waals surface area contributed by atoms with Crippen LogP contribution in [0.5, 0.6) is 23.0 Å². The van der Waals surface area contributed by atoms with E-state index in [-0.39, 0.29) is 31.5 Å². The third kappa shape index (κ3) is 7.75. The first-order valence-corrected chi connectivity index (χ1v) is 18.8. The predicted octanol–water partition coefficient (Wildman–Crippen LogP) is 9.23. The third-order valence-electron chi connectivity index (χ3n) is 9.16. The van der Waals surface area contributed by atoms with Crippen LogP contribution in [0.15, 0.2) is 97.1 Å². The summed E-state index contributed by atoms with van der Waals surface area (Å²) < 4.78 is 98.7.